The van der Waals surface area contributed by atoms with Crippen molar-refractivity contribution in [3.05, 3.63) is 72.6 Å². The lowest BCUT2D eigenvalue weighted by molar-refractivity contribution is 0.131. The van der Waals surface area contributed by atoms with Crippen LogP contribution in [0.25, 0.3) is 27.8 Å². The largest absolute Gasteiger partial charge is 0.491 e. The van der Waals surface area contributed by atoms with Gasteiger partial charge in [-0.25, -0.2) is 4.98 Å². The normalized spacial score (nSPS) is 16.0. The van der Waals surface area contributed by atoms with Crippen molar-refractivity contribution in [2.75, 3.05) is 0 Å². The molecule has 4 rings (SSSR count). The molecular formula is C27H30N2O2. The average molecular weight is 419 g/mol. The SMILES string of the molecule is [2H]C([2H])([2H])C([2H])(C)Oc1ccc(-c2cc3c(cc2C)ncn3-c2ccc(OC(C)(C)C)cc2)cc1. The van der Waals surface area contributed by atoms with Crippen LogP contribution in [0, 0.1) is 6.92 Å². The zero-order chi connectivity index (χ0) is 25.6. The Morgan fingerprint density at radius 1 is 1.00 bits per heavy atom. The van der Waals surface area contributed by atoms with Crippen LogP contribution in [0.15, 0.2) is 67.0 Å². The van der Waals surface area contributed by atoms with Crippen LogP contribution in [0.1, 0.15) is 45.6 Å². The summed E-state index contributed by atoms with van der Waals surface area (Å²) in [4.78, 5) is 4.59. The minimum absolute atomic E-state index is 0.262. The molecule has 31 heavy (non-hydrogen) atoms. The minimum atomic E-state index is -2.55. The van der Waals surface area contributed by atoms with Gasteiger partial charge in [0.25, 0.3) is 0 Å². The molecular weight excluding hydrogens is 384 g/mol. The van der Waals surface area contributed by atoms with Crippen LogP contribution in [0.2, 0.25) is 0 Å². The second-order valence-corrected chi connectivity index (χ2v) is 8.66. The molecule has 3 aromatic carbocycles. The molecule has 0 fully saturated rings. The summed E-state index contributed by atoms with van der Waals surface area (Å²) < 4.78 is 43.9. The zero-order valence-electron chi connectivity index (χ0n) is 22.6. The molecule has 0 aliphatic heterocycles. The number of aromatic nitrogens is 2. The number of nitrogens with zero attached hydrogens (tertiary/aromatic N) is 2. The average Bonchev–Trinajstić information content (AvgIpc) is 3.15. The Kier molecular flexibility index (Phi) is 4.29. The summed E-state index contributed by atoms with van der Waals surface area (Å²) in [6, 6.07) is 19.2. The molecule has 0 spiro atoms. The predicted molar refractivity (Wildman–Crippen MR) is 127 cm³/mol. The topological polar surface area (TPSA) is 36.3 Å². The quantitative estimate of drug-likeness (QED) is 0.351. The fourth-order valence-electron chi connectivity index (χ4n) is 3.58. The van der Waals surface area contributed by atoms with Gasteiger partial charge in [-0.3, -0.25) is 4.57 Å². The van der Waals surface area contributed by atoms with Gasteiger partial charge in [0, 0.05) is 9.80 Å². The monoisotopic (exact) mass is 418 g/mol. The van der Waals surface area contributed by atoms with Gasteiger partial charge in [0.05, 0.1) is 18.5 Å². The Balaban J connectivity index is 1.65. The van der Waals surface area contributed by atoms with Crippen molar-refractivity contribution >= 4 is 11.0 Å². The Morgan fingerprint density at radius 2 is 1.68 bits per heavy atom. The lowest BCUT2D eigenvalue weighted by Crippen LogP contribution is -2.22. The van der Waals surface area contributed by atoms with E-state index in [-0.39, 0.29) is 5.60 Å². The van der Waals surface area contributed by atoms with Gasteiger partial charge < -0.3 is 9.47 Å². The van der Waals surface area contributed by atoms with Crippen LogP contribution in [0.3, 0.4) is 0 Å². The van der Waals surface area contributed by atoms with Crippen molar-refractivity contribution in [2.24, 2.45) is 0 Å². The Hall–Kier alpha value is -3.27. The highest BCUT2D eigenvalue weighted by atomic mass is 16.5. The summed E-state index contributed by atoms with van der Waals surface area (Å²) in [7, 11) is 0. The predicted octanol–water partition coefficient (Wildman–Crippen LogP) is 6.97. The van der Waals surface area contributed by atoms with E-state index in [4.69, 9.17) is 15.0 Å². The maximum atomic E-state index is 8.00. The standard InChI is InChI=1S/C27H30N2O2/c1-18(2)30-22-11-7-20(8-12-22)24-16-26-25(15-19(24)3)28-17-29(26)21-9-13-23(14-10-21)31-27(4,5)6/h7-18H,1-6H3/i1D3,18D. The molecule has 1 unspecified atom stereocenters. The molecule has 0 N–H and O–H groups in total. The fourth-order valence-corrected chi connectivity index (χ4v) is 3.58. The van der Waals surface area contributed by atoms with Gasteiger partial charge in [-0.05, 0) is 107 Å². The first-order valence-electron chi connectivity index (χ1n) is 12.3. The third-order valence-corrected chi connectivity index (χ3v) is 4.87. The number of fused-ring (bicyclic) bond motifs is 1. The summed E-state index contributed by atoms with van der Waals surface area (Å²) in [5.41, 5.74) is 5.63. The molecule has 0 aliphatic rings. The Morgan fingerprint density at radius 3 is 2.32 bits per heavy atom. The first-order chi connectivity index (χ1) is 16.2. The van der Waals surface area contributed by atoms with E-state index < -0.39 is 12.9 Å². The molecule has 0 aliphatic carbocycles. The van der Waals surface area contributed by atoms with E-state index in [1.54, 1.807) is 12.1 Å². The number of rotatable bonds is 5. The summed E-state index contributed by atoms with van der Waals surface area (Å²) in [6.07, 6.45) is -0.211. The van der Waals surface area contributed by atoms with Crippen molar-refractivity contribution < 1.29 is 15.0 Å². The smallest absolute Gasteiger partial charge is 0.120 e. The van der Waals surface area contributed by atoms with E-state index in [0.29, 0.717) is 5.75 Å². The van der Waals surface area contributed by atoms with Crippen molar-refractivity contribution in [3.8, 4) is 28.3 Å². The van der Waals surface area contributed by atoms with Gasteiger partial charge in [0.2, 0.25) is 0 Å². The summed E-state index contributed by atoms with van der Waals surface area (Å²) in [6.45, 7) is 6.79. The molecule has 4 heteroatoms. The minimum Gasteiger partial charge on any atom is -0.491 e. The molecule has 1 aromatic heterocycles. The molecule has 0 saturated heterocycles. The van der Waals surface area contributed by atoms with E-state index in [0.717, 1.165) is 39.2 Å². The van der Waals surface area contributed by atoms with Gasteiger partial charge in [0.1, 0.15) is 23.4 Å². The van der Waals surface area contributed by atoms with E-state index >= 15 is 0 Å². The van der Waals surface area contributed by atoms with Gasteiger partial charge in [-0.2, -0.15) is 0 Å². The fraction of sp³-hybridized carbons (Fsp3) is 0.296. The van der Waals surface area contributed by atoms with Gasteiger partial charge in [-0.15, -0.1) is 0 Å². The number of benzene rings is 3. The molecule has 4 nitrogen and oxygen atoms in total. The van der Waals surface area contributed by atoms with E-state index in [9.17, 15) is 0 Å². The Bertz CT molecular complexity index is 1330. The molecule has 1 atom stereocenters. The lowest BCUT2D eigenvalue weighted by atomic mass is 9.99. The second kappa shape index (κ2) is 8.10. The van der Waals surface area contributed by atoms with Crippen LogP contribution in [0.4, 0.5) is 0 Å². The van der Waals surface area contributed by atoms with Crippen LogP contribution in [0.5, 0.6) is 11.5 Å². The first kappa shape index (κ1) is 16.4. The van der Waals surface area contributed by atoms with Crippen LogP contribution < -0.4 is 9.47 Å². The number of hydrogen-bond donors (Lipinski definition) is 0. The first-order valence-corrected chi connectivity index (χ1v) is 10.3. The number of aryl methyl sites for hydroxylation is 1. The molecule has 0 radical (unpaired) electrons. The third-order valence-electron chi connectivity index (χ3n) is 4.87. The number of imidazole rings is 1. The summed E-state index contributed by atoms with van der Waals surface area (Å²) in [5.74, 6) is 1.15. The molecule has 0 bridgehead atoms. The van der Waals surface area contributed by atoms with Gasteiger partial charge in [-0.1, -0.05) is 12.1 Å². The third kappa shape index (κ3) is 4.74. The molecule has 0 amide bonds. The van der Waals surface area contributed by atoms with Gasteiger partial charge >= 0.3 is 0 Å². The molecule has 160 valence electrons. The molecule has 0 saturated carbocycles. The number of ether oxygens (including phenoxy) is 2. The van der Waals surface area contributed by atoms with E-state index in [1.807, 2.05) is 75.0 Å². The second-order valence-electron chi connectivity index (χ2n) is 8.66. The van der Waals surface area contributed by atoms with Crippen LogP contribution in [-0.2, 0) is 0 Å². The zero-order valence-corrected chi connectivity index (χ0v) is 18.6. The van der Waals surface area contributed by atoms with Crippen molar-refractivity contribution in [1.82, 2.24) is 9.55 Å². The van der Waals surface area contributed by atoms with E-state index in [2.05, 4.69) is 17.1 Å². The van der Waals surface area contributed by atoms with E-state index in [1.165, 1.54) is 6.92 Å². The maximum absolute atomic E-state index is 8.00. The van der Waals surface area contributed by atoms with Gasteiger partial charge in [0.15, 0.2) is 0 Å². The van der Waals surface area contributed by atoms with Crippen molar-refractivity contribution in [2.45, 2.75) is 53.2 Å². The van der Waals surface area contributed by atoms with Crippen molar-refractivity contribution in [1.29, 1.82) is 0 Å². The molecule has 1 heterocycles. The van der Waals surface area contributed by atoms with Crippen LogP contribution >= 0.6 is 0 Å². The maximum Gasteiger partial charge on any atom is 0.120 e. The van der Waals surface area contributed by atoms with Crippen molar-refractivity contribution in [3.63, 3.8) is 0 Å². The highest BCUT2D eigenvalue weighted by Gasteiger charge is 2.13. The summed E-state index contributed by atoms with van der Waals surface area (Å²) in [5, 5.41) is 0. The molecule has 4 aromatic rings. The number of hydrogen-bond acceptors (Lipinski definition) is 3. The summed E-state index contributed by atoms with van der Waals surface area (Å²) >= 11 is 0. The lowest BCUT2D eigenvalue weighted by Gasteiger charge is -2.21. The van der Waals surface area contributed by atoms with Crippen LogP contribution in [-0.4, -0.2) is 21.2 Å². The highest BCUT2D eigenvalue weighted by molar-refractivity contribution is 5.85. The Labute approximate surface area is 190 Å². The highest BCUT2D eigenvalue weighted by Crippen LogP contribution is 2.31.